The van der Waals surface area contributed by atoms with Gasteiger partial charge in [-0.15, -0.1) is 0 Å². The molecule has 0 radical (unpaired) electrons. The van der Waals surface area contributed by atoms with Gasteiger partial charge in [0.05, 0.1) is 6.04 Å². The number of nitrogens with two attached hydrogens (primary N) is 1. The zero-order valence-corrected chi connectivity index (χ0v) is 23.6. The number of nitrogens with one attached hydrogen (secondary N) is 3. The minimum atomic E-state index is -1.17. The van der Waals surface area contributed by atoms with Crippen LogP contribution in [0, 0.1) is 11.8 Å². The number of carboxylic acid groups (broad SMARTS) is 1. The van der Waals surface area contributed by atoms with E-state index in [1.807, 2.05) is 51.1 Å². The van der Waals surface area contributed by atoms with Gasteiger partial charge < -0.3 is 31.9 Å². The number of carbonyl (C=O) groups excluding carboxylic acids is 3. The Morgan fingerprint density at radius 3 is 1.88 bits per heavy atom. The number of carboxylic acids is 1. The highest BCUT2D eigenvalue weighted by Crippen LogP contribution is 2.14. The van der Waals surface area contributed by atoms with Gasteiger partial charge in [0.15, 0.2) is 0 Å². The summed E-state index contributed by atoms with van der Waals surface area (Å²) in [5, 5.41) is 27.3. The van der Waals surface area contributed by atoms with Gasteiger partial charge in [-0.3, -0.25) is 14.4 Å². The summed E-state index contributed by atoms with van der Waals surface area (Å²) in [4.78, 5) is 51.5. The van der Waals surface area contributed by atoms with Crippen molar-refractivity contribution in [3.8, 4) is 5.75 Å². The molecule has 0 fully saturated rings. The van der Waals surface area contributed by atoms with Crippen LogP contribution < -0.4 is 21.7 Å². The highest BCUT2D eigenvalue weighted by molar-refractivity contribution is 5.94. The van der Waals surface area contributed by atoms with Gasteiger partial charge in [0.2, 0.25) is 17.7 Å². The van der Waals surface area contributed by atoms with Gasteiger partial charge in [-0.1, -0.05) is 76.6 Å². The molecule has 2 rings (SSSR count). The number of hydrogen-bond acceptors (Lipinski definition) is 6. The second kappa shape index (κ2) is 15.6. The summed E-state index contributed by atoms with van der Waals surface area (Å²) >= 11 is 0. The highest BCUT2D eigenvalue weighted by Gasteiger charge is 2.32. The van der Waals surface area contributed by atoms with Crippen LogP contribution in [-0.2, 0) is 32.0 Å². The number of carbonyl (C=O) groups is 4. The standard InChI is InChI=1S/C30H42N4O6/c1-5-19(4)26(30(39)40)34-29(38)25(17-21-11-13-22(35)14-12-21)33-28(37)24(15-18(2)3)32-27(36)23(31)16-20-9-7-6-8-10-20/h6-14,18-19,23-26,35H,5,15-17,31H2,1-4H3,(H,32,36)(H,33,37)(H,34,38)(H,39,40). The monoisotopic (exact) mass is 554 g/mol. The average molecular weight is 555 g/mol. The molecule has 10 heteroatoms. The van der Waals surface area contributed by atoms with Gasteiger partial charge >= 0.3 is 5.97 Å². The summed E-state index contributed by atoms with van der Waals surface area (Å²) in [5.74, 6) is -3.17. The Bertz CT molecular complexity index is 1120. The van der Waals surface area contributed by atoms with Crippen molar-refractivity contribution in [2.75, 3.05) is 0 Å². The van der Waals surface area contributed by atoms with Crippen LogP contribution in [0.15, 0.2) is 54.6 Å². The topological polar surface area (TPSA) is 171 Å². The summed E-state index contributed by atoms with van der Waals surface area (Å²) in [6, 6.07) is 11.3. The molecule has 7 N–H and O–H groups in total. The lowest BCUT2D eigenvalue weighted by Gasteiger charge is -2.27. The van der Waals surface area contributed by atoms with Crippen molar-refractivity contribution < 1.29 is 29.4 Å². The van der Waals surface area contributed by atoms with Crippen molar-refractivity contribution in [3.05, 3.63) is 65.7 Å². The number of aliphatic carboxylic acids is 1. The van der Waals surface area contributed by atoms with Crippen molar-refractivity contribution in [2.24, 2.45) is 17.6 Å². The third-order valence-corrected chi connectivity index (χ3v) is 6.76. The van der Waals surface area contributed by atoms with Crippen LogP contribution in [0.1, 0.15) is 51.7 Å². The molecule has 218 valence electrons. The van der Waals surface area contributed by atoms with E-state index >= 15 is 0 Å². The molecular formula is C30H42N4O6. The van der Waals surface area contributed by atoms with Crippen LogP contribution in [0.5, 0.6) is 5.75 Å². The minimum absolute atomic E-state index is 0.0348. The Balaban J connectivity index is 2.24. The fourth-order valence-corrected chi connectivity index (χ4v) is 4.23. The first kappa shape index (κ1) is 32.3. The number of rotatable bonds is 15. The lowest BCUT2D eigenvalue weighted by Crippen LogP contribution is -2.58. The first-order valence-electron chi connectivity index (χ1n) is 13.6. The molecule has 0 heterocycles. The molecule has 0 bridgehead atoms. The molecule has 2 aromatic rings. The molecule has 40 heavy (non-hydrogen) atoms. The predicted molar refractivity (Wildman–Crippen MR) is 152 cm³/mol. The summed E-state index contributed by atoms with van der Waals surface area (Å²) < 4.78 is 0. The first-order valence-corrected chi connectivity index (χ1v) is 13.6. The molecule has 5 unspecified atom stereocenters. The van der Waals surface area contributed by atoms with Crippen molar-refractivity contribution in [3.63, 3.8) is 0 Å². The number of amides is 3. The molecule has 0 aliphatic carbocycles. The number of benzene rings is 2. The predicted octanol–water partition coefficient (Wildman–Crippen LogP) is 2.14. The van der Waals surface area contributed by atoms with Crippen molar-refractivity contribution in [2.45, 2.75) is 77.5 Å². The fraction of sp³-hybridized carbons (Fsp3) is 0.467. The van der Waals surface area contributed by atoms with E-state index in [1.165, 1.54) is 12.1 Å². The maximum Gasteiger partial charge on any atom is 0.326 e. The van der Waals surface area contributed by atoms with Crippen molar-refractivity contribution in [1.29, 1.82) is 0 Å². The third kappa shape index (κ3) is 10.3. The van der Waals surface area contributed by atoms with Gasteiger partial charge in [-0.25, -0.2) is 4.79 Å². The Labute approximate surface area is 235 Å². The molecule has 0 aliphatic heterocycles. The van der Waals surface area contributed by atoms with Gasteiger partial charge in [0, 0.05) is 6.42 Å². The largest absolute Gasteiger partial charge is 0.508 e. The van der Waals surface area contributed by atoms with E-state index in [-0.39, 0.29) is 24.0 Å². The van der Waals surface area contributed by atoms with Gasteiger partial charge in [-0.2, -0.15) is 0 Å². The first-order chi connectivity index (χ1) is 18.9. The normalized spacial score (nSPS) is 14.8. The fourth-order valence-electron chi connectivity index (χ4n) is 4.23. The number of phenolic OH excluding ortho intramolecular Hbond substituents is 1. The Hall–Kier alpha value is -3.92. The van der Waals surface area contributed by atoms with Crippen LogP contribution in [0.25, 0.3) is 0 Å². The van der Waals surface area contributed by atoms with Gasteiger partial charge in [-0.05, 0) is 47.9 Å². The molecule has 2 aromatic carbocycles. The maximum absolute atomic E-state index is 13.5. The SMILES string of the molecule is CCC(C)C(NC(=O)C(Cc1ccc(O)cc1)NC(=O)C(CC(C)C)NC(=O)C(N)Cc1ccccc1)C(=O)O. The molecule has 0 saturated carbocycles. The third-order valence-electron chi connectivity index (χ3n) is 6.76. The molecule has 0 saturated heterocycles. The van der Waals surface area contributed by atoms with E-state index in [4.69, 9.17) is 5.73 Å². The Morgan fingerprint density at radius 1 is 0.775 bits per heavy atom. The summed E-state index contributed by atoms with van der Waals surface area (Å²) in [5.41, 5.74) is 7.66. The molecule has 5 atom stereocenters. The van der Waals surface area contributed by atoms with E-state index in [9.17, 15) is 29.4 Å². The zero-order chi connectivity index (χ0) is 29.8. The second-order valence-corrected chi connectivity index (χ2v) is 10.6. The lowest BCUT2D eigenvalue weighted by atomic mass is 9.97. The molecule has 10 nitrogen and oxygen atoms in total. The van der Waals surface area contributed by atoms with Crippen LogP contribution in [0.4, 0.5) is 0 Å². The molecule has 3 amide bonds. The van der Waals surface area contributed by atoms with E-state index in [1.54, 1.807) is 19.1 Å². The summed E-state index contributed by atoms with van der Waals surface area (Å²) in [6.45, 7) is 7.35. The number of phenols is 1. The second-order valence-electron chi connectivity index (χ2n) is 10.6. The van der Waals surface area contributed by atoms with Crippen LogP contribution >= 0.6 is 0 Å². The van der Waals surface area contributed by atoms with Gasteiger partial charge in [0.1, 0.15) is 23.9 Å². The minimum Gasteiger partial charge on any atom is -0.508 e. The number of hydrogen-bond donors (Lipinski definition) is 6. The van der Waals surface area contributed by atoms with Gasteiger partial charge in [0.25, 0.3) is 0 Å². The highest BCUT2D eigenvalue weighted by atomic mass is 16.4. The van der Waals surface area contributed by atoms with E-state index < -0.39 is 47.9 Å². The van der Waals surface area contributed by atoms with E-state index in [0.717, 1.165) is 5.56 Å². The van der Waals surface area contributed by atoms with Crippen molar-refractivity contribution in [1.82, 2.24) is 16.0 Å². The Kier molecular flexibility index (Phi) is 12.6. The number of aromatic hydroxyl groups is 1. The lowest BCUT2D eigenvalue weighted by molar-refractivity contribution is -0.143. The van der Waals surface area contributed by atoms with Crippen LogP contribution in [-0.4, -0.2) is 58.1 Å². The van der Waals surface area contributed by atoms with E-state index in [0.29, 0.717) is 24.8 Å². The van der Waals surface area contributed by atoms with Crippen LogP contribution in [0.3, 0.4) is 0 Å². The maximum atomic E-state index is 13.5. The molecule has 0 aliphatic rings. The van der Waals surface area contributed by atoms with Crippen LogP contribution in [0.2, 0.25) is 0 Å². The smallest absolute Gasteiger partial charge is 0.326 e. The average Bonchev–Trinajstić information content (AvgIpc) is 2.91. The Morgan fingerprint density at radius 2 is 1.32 bits per heavy atom. The molecule has 0 aromatic heterocycles. The molecule has 0 spiro atoms. The molecular weight excluding hydrogens is 512 g/mol. The van der Waals surface area contributed by atoms with E-state index in [2.05, 4.69) is 16.0 Å². The zero-order valence-electron chi connectivity index (χ0n) is 23.6. The van der Waals surface area contributed by atoms with Crippen molar-refractivity contribution >= 4 is 23.7 Å². The summed E-state index contributed by atoms with van der Waals surface area (Å²) in [6.07, 6.45) is 1.16. The summed E-state index contributed by atoms with van der Waals surface area (Å²) in [7, 11) is 0. The quantitative estimate of drug-likeness (QED) is 0.196.